The van der Waals surface area contributed by atoms with E-state index in [-0.39, 0.29) is 16.2 Å². The number of hydrogen-bond acceptors (Lipinski definition) is 3. The molecular formula is C27H30Br2N2O3S. The molecule has 3 aromatic carbocycles. The molecule has 0 aromatic heterocycles. The van der Waals surface area contributed by atoms with E-state index in [4.69, 9.17) is 0 Å². The molecule has 35 heavy (non-hydrogen) atoms. The van der Waals surface area contributed by atoms with Crippen molar-refractivity contribution in [1.29, 1.82) is 0 Å². The van der Waals surface area contributed by atoms with Crippen LogP contribution >= 0.6 is 31.9 Å². The van der Waals surface area contributed by atoms with Gasteiger partial charge in [0, 0.05) is 26.7 Å². The summed E-state index contributed by atoms with van der Waals surface area (Å²) in [6.45, 7) is 11.4. The predicted octanol–water partition coefficient (Wildman–Crippen LogP) is 6.90. The molecule has 0 aliphatic heterocycles. The first-order valence-electron chi connectivity index (χ1n) is 11.2. The van der Waals surface area contributed by atoms with Gasteiger partial charge in [0.1, 0.15) is 4.90 Å². The Morgan fingerprint density at radius 3 is 2.09 bits per heavy atom. The van der Waals surface area contributed by atoms with Crippen molar-refractivity contribution in [3.63, 3.8) is 0 Å². The molecule has 186 valence electrons. The van der Waals surface area contributed by atoms with Crippen LogP contribution in [0.1, 0.15) is 53.4 Å². The van der Waals surface area contributed by atoms with Gasteiger partial charge in [-0.3, -0.25) is 9.52 Å². The van der Waals surface area contributed by atoms with Gasteiger partial charge in [0.15, 0.2) is 0 Å². The smallest absolute Gasteiger partial charge is 0.263 e. The largest absolute Gasteiger partial charge is 0.352 e. The van der Waals surface area contributed by atoms with E-state index >= 15 is 0 Å². The van der Waals surface area contributed by atoms with Crippen LogP contribution in [0.4, 0.5) is 5.69 Å². The topological polar surface area (TPSA) is 75.3 Å². The molecule has 3 aromatic rings. The molecule has 0 spiro atoms. The van der Waals surface area contributed by atoms with E-state index < -0.39 is 10.0 Å². The summed E-state index contributed by atoms with van der Waals surface area (Å²) in [5, 5.41) is 2.96. The maximum absolute atomic E-state index is 12.8. The number of aryl methyl sites for hydroxylation is 2. The number of anilines is 1. The quantitative estimate of drug-likeness (QED) is 0.301. The zero-order chi connectivity index (χ0) is 26.0. The van der Waals surface area contributed by atoms with Gasteiger partial charge in [0.05, 0.1) is 0 Å². The highest BCUT2D eigenvalue weighted by Gasteiger charge is 2.19. The Balaban J connectivity index is 1.62. The average Bonchev–Trinajstić information content (AvgIpc) is 2.76. The third-order valence-electron chi connectivity index (χ3n) is 5.80. The summed E-state index contributed by atoms with van der Waals surface area (Å²) in [7, 11) is -3.79. The first-order valence-corrected chi connectivity index (χ1v) is 14.3. The van der Waals surface area contributed by atoms with Gasteiger partial charge in [-0.05, 0) is 106 Å². The minimum Gasteiger partial charge on any atom is -0.352 e. The maximum Gasteiger partial charge on any atom is 0.263 e. The van der Waals surface area contributed by atoms with Gasteiger partial charge in [-0.25, -0.2) is 8.42 Å². The van der Waals surface area contributed by atoms with Crippen LogP contribution in [-0.2, 0) is 21.9 Å². The molecule has 3 rings (SSSR count). The Morgan fingerprint density at radius 1 is 0.914 bits per heavy atom. The summed E-state index contributed by atoms with van der Waals surface area (Å²) in [6.07, 6.45) is 0.743. The number of carbonyl (C=O) groups is 1. The Kier molecular flexibility index (Phi) is 8.50. The summed E-state index contributed by atoms with van der Waals surface area (Å²) in [6, 6.07) is 15.8. The third-order valence-corrected chi connectivity index (χ3v) is 8.67. The van der Waals surface area contributed by atoms with Gasteiger partial charge < -0.3 is 5.32 Å². The van der Waals surface area contributed by atoms with Crippen molar-refractivity contribution < 1.29 is 13.2 Å². The Bertz CT molecular complexity index is 1320. The fourth-order valence-corrected chi connectivity index (χ4v) is 6.37. The highest BCUT2D eigenvalue weighted by Crippen LogP contribution is 2.28. The molecule has 0 unspecified atom stereocenters. The second-order valence-corrected chi connectivity index (χ2v) is 13.0. The fourth-order valence-electron chi connectivity index (χ4n) is 3.81. The van der Waals surface area contributed by atoms with Crippen molar-refractivity contribution in [1.82, 2.24) is 5.32 Å². The van der Waals surface area contributed by atoms with E-state index in [0.29, 0.717) is 26.7 Å². The molecule has 0 radical (unpaired) electrons. The number of hydrogen-bond donors (Lipinski definition) is 2. The first-order chi connectivity index (χ1) is 16.3. The number of sulfonamides is 1. The van der Waals surface area contributed by atoms with Crippen molar-refractivity contribution in [3.05, 3.63) is 91.4 Å². The second-order valence-electron chi connectivity index (χ2n) is 9.60. The van der Waals surface area contributed by atoms with Gasteiger partial charge in [0.25, 0.3) is 15.9 Å². The summed E-state index contributed by atoms with van der Waals surface area (Å²) in [5.74, 6) is -0.198. The van der Waals surface area contributed by atoms with Crippen LogP contribution in [0.2, 0.25) is 0 Å². The molecule has 0 saturated heterocycles. The number of amides is 1. The summed E-state index contributed by atoms with van der Waals surface area (Å²) < 4.78 is 29.2. The number of carbonyl (C=O) groups excluding carboxylic acids is 1. The van der Waals surface area contributed by atoms with E-state index in [1.165, 1.54) is 28.3 Å². The van der Waals surface area contributed by atoms with Crippen LogP contribution < -0.4 is 10.0 Å². The lowest BCUT2D eigenvalue weighted by atomic mass is 9.83. The number of halogens is 2. The third kappa shape index (κ3) is 6.96. The SMILES string of the molecule is Cc1cc(C(C)(C)C)cc(C)c1CCNC(=O)c1ccc(NS(=O)(=O)c2cc(Br)ccc2Br)cc1. The Morgan fingerprint density at radius 2 is 1.51 bits per heavy atom. The van der Waals surface area contributed by atoms with Crippen molar-refractivity contribution in [2.45, 2.75) is 51.3 Å². The lowest BCUT2D eigenvalue weighted by molar-refractivity contribution is 0.0954. The van der Waals surface area contributed by atoms with E-state index in [1.807, 2.05) is 0 Å². The van der Waals surface area contributed by atoms with Crippen molar-refractivity contribution in [2.75, 3.05) is 11.3 Å². The first kappa shape index (κ1) is 27.4. The summed E-state index contributed by atoms with van der Waals surface area (Å²) >= 11 is 6.58. The minimum atomic E-state index is -3.79. The molecule has 0 bridgehead atoms. The van der Waals surface area contributed by atoms with Crippen LogP contribution in [0.5, 0.6) is 0 Å². The average molecular weight is 622 g/mol. The lowest BCUT2D eigenvalue weighted by Gasteiger charge is -2.22. The van der Waals surface area contributed by atoms with E-state index in [0.717, 1.165) is 6.42 Å². The van der Waals surface area contributed by atoms with Crippen LogP contribution in [0.25, 0.3) is 0 Å². The molecule has 5 nitrogen and oxygen atoms in total. The van der Waals surface area contributed by atoms with Gasteiger partial charge in [0.2, 0.25) is 0 Å². The van der Waals surface area contributed by atoms with Gasteiger partial charge in [-0.2, -0.15) is 0 Å². The molecule has 8 heteroatoms. The Labute approximate surface area is 225 Å². The molecule has 0 fully saturated rings. The van der Waals surface area contributed by atoms with Crippen molar-refractivity contribution in [3.8, 4) is 0 Å². The molecule has 0 aliphatic carbocycles. The highest BCUT2D eigenvalue weighted by atomic mass is 79.9. The number of benzene rings is 3. The number of nitrogens with one attached hydrogen (secondary N) is 2. The fraction of sp³-hybridized carbons (Fsp3) is 0.296. The molecule has 0 aliphatic rings. The lowest BCUT2D eigenvalue weighted by Crippen LogP contribution is -2.26. The van der Waals surface area contributed by atoms with Crippen LogP contribution in [0, 0.1) is 13.8 Å². The molecule has 0 heterocycles. The Hall–Kier alpha value is -2.16. The molecule has 0 atom stereocenters. The van der Waals surface area contributed by atoms with Crippen LogP contribution in [-0.4, -0.2) is 20.9 Å². The number of rotatable bonds is 7. The molecule has 1 amide bonds. The van der Waals surface area contributed by atoms with Crippen molar-refractivity contribution in [2.24, 2.45) is 0 Å². The van der Waals surface area contributed by atoms with Gasteiger partial charge in [-0.15, -0.1) is 0 Å². The maximum atomic E-state index is 12.8. The summed E-state index contributed by atoms with van der Waals surface area (Å²) in [5.41, 5.74) is 5.96. The normalized spacial score (nSPS) is 11.9. The highest BCUT2D eigenvalue weighted by molar-refractivity contribution is 9.11. The van der Waals surface area contributed by atoms with Gasteiger partial charge in [-0.1, -0.05) is 48.8 Å². The molecule has 2 N–H and O–H groups in total. The van der Waals surface area contributed by atoms with Crippen molar-refractivity contribution >= 4 is 53.5 Å². The second kappa shape index (κ2) is 10.8. The zero-order valence-electron chi connectivity index (χ0n) is 20.5. The van der Waals surface area contributed by atoms with E-state index in [2.05, 4.69) is 88.7 Å². The van der Waals surface area contributed by atoms with E-state index in [9.17, 15) is 13.2 Å². The monoisotopic (exact) mass is 620 g/mol. The van der Waals surface area contributed by atoms with Crippen LogP contribution in [0.3, 0.4) is 0 Å². The molecular weight excluding hydrogens is 592 g/mol. The van der Waals surface area contributed by atoms with E-state index in [1.54, 1.807) is 36.4 Å². The molecule has 0 saturated carbocycles. The summed E-state index contributed by atoms with van der Waals surface area (Å²) in [4.78, 5) is 12.7. The predicted molar refractivity (Wildman–Crippen MR) is 150 cm³/mol. The zero-order valence-corrected chi connectivity index (χ0v) is 24.5. The standard InChI is InChI=1S/C27H30Br2N2O3S/c1-17-14-20(27(3,4)5)15-18(2)23(17)12-13-30-26(32)19-6-9-22(10-7-19)31-35(33,34)25-16-21(28)8-11-24(25)29/h6-11,14-16,31H,12-13H2,1-5H3,(H,30,32). The van der Waals surface area contributed by atoms with Gasteiger partial charge >= 0.3 is 0 Å². The minimum absolute atomic E-state index is 0.0943. The van der Waals surface area contributed by atoms with Crippen LogP contribution in [0.15, 0.2) is 68.4 Å².